The maximum Gasteiger partial charge on any atom is 0.192 e. The fourth-order valence-corrected chi connectivity index (χ4v) is 0.859. The van der Waals surface area contributed by atoms with E-state index in [-0.39, 0.29) is 22.7 Å². The topological polar surface area (TPSA) is 38.7 Å². The van der Waals surface area contributed by atoms with Crippen LogP contribution in [0.5, 0.6) is 0 Å². The average Bonchev–Trinajstić information content (AvgIpc) is 1.99. The molecule has 5 heteroatoms. The van der Waals surface area contributed by atoms with Crippen molar-refractivity contribution in [3.63, 3.8) is 0 Å². The van der Waals surface area contributed by atoms with Gasteiger partial charge in [0.15, 0.2) is 5.78 Å². The number of halogens is 2. The molecule has 0 N–H and O–H groups in total. The van der Waals surface area contributed by atoms with Gasteiger partial charge < -0.3 is 4.84 Å². The Kier molecular flexibility index (Phi) is 5.63. The molecular weight excluding hydrogens is 221 g/mol. The van der Waals surface area contributed by atoms with Gasteiger partial charge in [-0.15, -0.1) is 11.6 Å². The van der Waals surface area contributed by atoms with Gasteiger partial charge in [0.2, 0.25) is 0 Å². The number of hydrogen-bond acceptors (Lipinski definition) is 3. The van der Waals surface area contributed by atoms with Gasteiger partial charge in [0.25, 0.3) is 0 Å². The van der Waals surface area contributed by atoms with Crippen molar-refractivity contribution in [3.05, 3.63) is 0 Å². The highest BCUT2D eigenvalue weighted by Gasteiger charge is 2.08. The van der Waals surface area contributed by atoms with Crippen LogP contribution < -0.4 is 0 Å². The second-order valence-electron chi connectivity index (χ2n) is 1.41. The summed E-state index contributed by atoms with van der Waals surface area (Å²) in [5, 5.41) is 3.64. The summed E-state index contributed by atoms with van der Waals surface area (Å²) in [6.45, 7) is 0. The van der Waals surface area contributed by atoms with E-state index in [0.717, 1.165) is 0 Å². The van der Waals surface area contributed by atoms with Crippen LogP contribution in [0.4, 0.5) is 0 Å². The van der Waals surface area contributed by atoms with Crippen LogP contribution in [-0.4, -0.2) is 29.8 Å². The number of hydrogen-bond donors (Lipinski definition) is 0. The highest BCUT2D eigenvalue weighted by molar-refractivity contribution is 9.09. The molecule has 0 rings (SSSR count). The first-order valence-electron chi connectivity index (χ1n) is 2.51. The van der Waals surface area contributed by atoms with E-state index >= 15 is 0 Å². The summed E-state index contributed by atoms with van der Waals surface area (Å²) in [6, 6.07) is 0. The summed E-state index contributed by atoms with van der Waals surface area (Å²) >= 11 is 8.35. The van der Waals surface area contributed by atoms with Gasteiger partial charge >= 0.3 is 0 Å². The Bertz CT molecular complexity index is 149. The molecule has 0 saturated carbocycles. The Balaban J connectivity index is 4.06. The molecule has 0 radical (unpaired) electrons. The summed E-state index contributed by atoms with van der Waals surface area (Å²) in [4.78, 5) is 15.2. The van der Waals surface area contributed by atoms with Crippen molar-refractivity contribution < 1.29 is 9.63 Å². The summed E-state index contributed by atoms with van der Waals surface area (Å²) in [7, 11) is 1.37. The number of rotatable bonds is 4. The Morgan fingerprint density at radius 2 is 2.40 bits per heavy atom. The predicted molar refractivity (Wildman–Crippen MR) is 44.0 cm³/mol. The SMILES string of the molecule is CON=C(CCl)C(=O)CBr. The molecule has 0 aliphatic carbocycles. The zero-order valence-electron chi connectivity index (χ0n) is 5.43. The van der Waals surface area contributed by atoms with E-state index < -0.39 is 0 Å². The molecule has 3 nitrogen and oxygen atoms in total. The van der Waals surface area contributed by atoms with E-state index in [0.29, 0.717) is 0 Å². The largest absolute Gasteiger partial charge is 0.399 e. The molecule has 0 saturated heterocycles. The van der Waals surface area contributed by atoms with E-state index in [4.69, 9.17) is 11.6 Å². The van der Waals surface area contributed by atoms with Crippen LogP contribution in [-0.2, 0) is 9.63 Å². The lowest BCUT2D eigenvalue weighted by Crippen LogP contribution is -2.16. The van der Waals surface area contributed by atoms with Gasteiger partial charge in [-0.3, -0.25) is 4.79 Å². The first-order chi connectivity index (χ1) is 4.76. The molecule has 0 heterocycles. The predicted octanol–water partition coefficient (Wildman–Crippen LogP) is 1.19. The molecular formula is C5H7BrClNO2. The average molecular weight is 228 g/mol. The Morgan fingerprint density at radius 3 is 2.70 bits per heavy atom. The molecule has 0 unspecified atom stereocenters. The smallest absolute Gasteiger partial charge is 0.192 e. The third-order valence-corrected chi connectivity index (χ3v) is 1.53. The van der Waals surface area contributed by atoms with Crippen LogP contribution in [0.25, 0.3) is 0 Å². The lowest BCUT2D eigenvalue weighted by atomic mass is 10.3. The first-order valence-corrected chi connectivity index (χ1v) is 4.17. The van der Waals surface area contributed by atoms with Crippen LogP contribution in [0.2, 0.25) is 0 Å². The molecule has 0 aromatic carbocycles. The molecule has 0 amide bonds. The second-order valence-corrected chi connectivity index (χ2v) is 2.24. The van der Waals surface area contributed by atoms with Gasteiger partial charge in [-0.25, -0.2) is 0 Å². The first kappa shape index (κ1) is 9.91. The Labute approximate surface area is 72.5 Å². The third kappa shape index (κ3) is 3.17. The molecule has 0 aromatic heterocycles. The number of oxime groups is 1. The minimum absolute atomic E-state index is 0.0816. The number of nitrogens with zero attached hydrogens (tertiary/aromatic N) is 1. The monoisotopic (exact) mass is 227 g/mol. The highest BCUT2D eigenvalue weighted by atomic mass is 79.9. The van der Waals surface area contributed by atoms with Crippen LogP contribution >= 0.6 is 27.5 Å². The van der Waals surface area contributed by atoms with E-state index in [9.17, 15) is 4.79 Å². The molecule has 0 fully saturated rings. The van der Waals surface area contributed by atoms with Crippen molar-refractivity contribution in [1.29, 1.82) is 0 Å². The maximum atomic E-state index is 10.8. The minimum atomic E-state index is -0.156. The molecule has 10 heavy (non-hydrogen) atoms. The molecule has 58 valence electrons. The van der Waals surface area contributed by atoms with Gasteiger partial charge in [-0.1, -0.05) is 21.1 Å². The van der Waals surface area contributed by atoms with Crippen molar-refractivity contribution in [2.75, 3.05) is 18.3 Å². The van der Waals surface area contributed by atoms with Gasteiger partial charge in [-0.05, 0) is 0 Å². The van der Waals surface area contributed by atoms with E-state index in [1.54, 1.807) is 0 Å². The normalized spacial score (nSPS) is 11.3. The molecule has 0 aliphatic heterocycles. The van der Waals surface area contributed by atoms with Crippen molar-refractivity contribution in [1.82, 2.24) is 0 Å². The van der Waals surface area contributed by atoms with Crippen molar-refractivity contribution in [3.8, 4) is 0 Å². The molecule has 0 aromatic rings. The van der Waals surface area contributed by atoms with E-state index in [1.165, 1.54) is 7.11 Å². The van der Waals surface area contributed by atoms with Crippen molar-refractivity contribution >= 4 is 39.0 Å². The second kappa shape index (κ2) is 5.68. The van der Waals surface area contributed by atoms with E-state index in [2.05, 4.69) is 25.9 Å². The summed E-state index contributed by atoms with van der Waals surface area (Å²) in [6.07, 6.45) is 0. The maximum absolute atomic E-state index is 10.8. The number of carbonyl (C=O) groups excluding carboxylic acids is 1. The number of ketones is 1. The quantitative estimate of drug-likeness (QED) is 0.412. The zero-order valence-corrected chi connectivity index (χ0v) is 7.78. The number of Topliss-reactive ketones (excluding diaryl/α,β-unsaturated/α-hetero) is 1. The summed E-state index contributed by atoms with van der Waals surface area (Å²) in [5.74, 6) is -0.0741. The molecule has 0 bridgehead atoms. The van der Waals surface area contributed by atoms with Crippen molar-refractivity contribution in [2.45, 2.75) is 0 Å². The van der Waals surface area contributed by atoms with Crippen LogP contribution in [0.15, 0.2) is 5.16 Å². The number of carbonyl (C=O) groups is 1. The number of alkyl halides is 2. The van der Waals surface area contributed by atoms with Crippen LogP contribution in [0, 0.1) is 0 Å². The van der Waals surface area contributed by atoms with Crippen molar-refractivity contribution in [2.24, 2.45) is 5.16 Å². The Morgan fingerprint density at radius 1 is 1.80 bits per heavy atom. The zero-order chi connectivity index (χ0) is 7.98. The van der Waals surface area contributed by atoms with Gasteiger partial charge in [0.05, 0.1) is 11.2 Å². The third-order valence-electron chi connectivity index (χ3n) is 0.771. The van der Waals surface area contributed by atoms with Crippen LogP contribution in [0.3, 0.4) is 0 Å². The van der Waals surface area contributed by atoms with Gasteiger partial charge in [0.1, 0.15) is 12.8 Å². The lowest BCUT2D eigenvalue weighted by molar-refractivity contribution is -0.110. The highest BCUT2D eigenvalue weighted by Crippen LogP contribution is 1.91. The molecule has 0 aliphatic rings. The lowest BCUT2D eigenvalue weighted by Gasteiger charge is -1.95. The summed E-state index contributed by atoms with van der Waals surface area (Å²) in [5.41, 5.74) is 0.237. The Hall–Kier alpha value is -0.0900. The molecule has 0 spiro atoms. The van der Waals surface area contributed by atoms with Gasteiger partial charge in [0, 0.05) is 0 Å². The molecule has 0 atom stereocenters. The van der Waals surface area contributed by atoms with E-state index in [1.807, 2.05) is 0 Å². The van der Waals surface area contributed by atoms with Crippen LogP contribution in [0.1, 0.15) is 0 Å². The minimum Gasteiger partial charge on any atom is -0.399 e. The fraction of sp³-hybridized carbons (Fsp3) is 0.600. The van der Waals surface area contributed by atoms with Gasteiger partial charge in [-0.2, -0.15) is 0 Å². The summed E-state index contributed by atoms with van der Waals surface area (Å²) < 4.78 is 0. The fourth-order valence-electron chi connectivity index (χ4n) is 0.337. The standard InChI is InChI=1S/C5H7BrClNO2/c1-10-8-4(3-7)5(9)2-6/h2-3H2,1H3.